The highest BCUT2D eigenvalue weighted by atomic mass is 35.5. The number of likely N-dealkylation sites (N-methyl/N-ethyl adjacent to an activating group) is 1. The van der Waals surface area contributed by atoms with E-state index in [1.54, 1.807) is 0 Å². The lowest BCUT2D eigenvalue weighted by atomic mass is 10.1. The monoisotopic (exact) mass is 296 g/mol. The molecule has 2 rings (SSSR count). The van der Waals surface area contributed by atoms with Crippen molar-refractivity contribution in [2.45, 2.75) is 45.4 Å². The molecule has 112 valence electrons. The van der Waals surface area contributed by atoms with Crippen molar-refractivity contribution in [3.05, 3.63) is 28.8 Å². The van der Waals surface area contributed by atoms with E-state index >= 15 is 0 Å². The molecule has 0 amide bonds. The SMILES string of the molecule is CCNC(C)c1ccc(N(C)C2CCOC2C)c(Cl)c1. The predicted octanol–water partition coefficient (Wildman–Crippen LogP) is 3.62. The van der Waals surface area contributed by atoms with E-state index in [1.807, 2.05) is 0 Å². The minimum absolute atomic E-state index is 0.261. The molecule has 0 aliphatic carbocycles. The van der Waals surface area contributed by atoms with Crippen LogP contribution >= 0.6 is 11.6 Å². The number of halogens is 1. The molecule has 0 aromatic heterocycles. The Morgan fingerprint density at radius 3 is 2.80 bits per heavy atom. The first-order valence-corrected chi connectivity index (χ1v) is 7.79. The van der Waals surface area contributed by atoms with Crippen LogP contribution in [-0.2, 0) is 4.74 Å². The number of hydrogen-bond acceptors (Lipinski definition) is 3. The second kappa shape index (κ2) is 6.79. The highest BCUT2D eigenvalue weighted by Crippen LogP contribution is 2.32. The zero-order valence-electron chi connectivity index (χ0n) is 12.8. The molecule has 1 aliphatic heterocycles. The highest BCUT2D eigenvalue weighted by Gasteiger charge is 2.29. The summed E-state index contributed by atoms with van der Waals surface area (Å²) < 4.78 is 5.65. The third kappa shape index (κ3) is 3.27. The molecule has 1 fully saturated rings. The van der Waals surface area contributed by atoms with Crippen molar-refractivity contribution >= 4 is 17.3 Å². The van der Waals surface area contributed by atoms with Crippen molar-refractivity contribution in [3.63, 3.8) is 0 Å². The van der Waals surface area contributed by atoms with Gasteiger partial charge in [0, 0.05) is 19.7 Å². The number of nitrogens with zero attached hydrogens (tertiary/aromatic N) is 1. The van der Waals surface area contributed by atoms with Crippen molar-refractivity contribution in [1.82, 2.24) is 5.32 Å². The van der Waals surface area contributed by atoms with Gasteiger partial charge in [0.05, 0.1) is 22.9 Å². The summed E-state index contributed by atoms with van der Waals surface area (Å²) in [5.41, 5.74) is 2.31. The zero-order chi connectivity index (χ0) is 14.7. The van der Waals surface area contributed by atoms with Crippen molar-refractivity contribution in [3.8, 4) is 0 Å². The van der Waals surface area contributed by atoms with Crippen LogP contribution in [0.2, 0.25) is 5.02 Å². The number of benzene rings is 1. The number of nitrogens with one attached hydrogen (secondary N) is 1. The van der Waals surface area contributed by atoms with Crippen LogP contribution in [0.15, 0.2) is 18.2 Å². The van der Waals surface area contributed by atoms with Crippen LogP contribution in [0.5, 0.6) is 0 Å². The van der Waals surface area contributed by atoms with E-state index in [0.29, 0.717) is 12.1 Å². The summed E-state index contributed by atoms with van der Waals surface area (Å²) in [4.78, 5) is 2.25. The Morgan fingerprint density at radius 1 is 1.50 bits per heavy atom. The van der Waals surface area contributed by atoms with E-state index in [4.69, 9.17) is 16.3 Å². The minimum atomic E-state index is 0.261. The summed E-state index contributed by atoms with van der Waals surface area (Å²) in [6.07, 6.45) is 1.32. The molecule has 1 heterocycles. The van der Waals surface area contributed by atoms with Gasteiger partial charge < -0.3 is 15.0 Å². The molecule has 0 bridgehead atoms. The summed E-state index contributed by atoms with van der Waals surface area (Å²) in [5.74, 6) is 0. The first-order chi connectivity index (χ1) is 9.54. The van der Waals surface area contributed by atoms with Crippen LogP contribution in [0.25, 0.3) is 0 Å². The van der Waals surface area contributed by atoms with Crippen LogP contribution in [0.3, 0.4) is 0 Å². The Morgan fingerprint density at radius 2 is 2.25 bits per heavy atom. The molecular formula is C16H25ClN2O. The average Bonchev–Trinajstić information content (AvgIpc) is 2.84. The maximum atomic E-state index is 6.48. The average molecular weight is 297 g/mol. The first-order valence-electron chi connectivity index (χ1n) is 7.41. The number of ether oxygens (including phenoxy) is 1. The number of hydrogen-bond donors (Lipinski definition) is 1. The van der Waals surface area contributed by atoms with Gasteiger partial charge in [-0.3, -0.25) is 0 Å². The lowest BCUT2D eigenvalue weighted by molar-refractivity contribution is 0.118. The molecule has 1 N–H and O–H groups in total. The Kier molecular flexibility index (Phi) is 5.30. The smallest absolute Gasteiger partial charge is 0.0750 e. The van der Waals surface area contributed by atoms with Gasteiger partial charge in [-0.2, -0.15) is 0 Å². The fourth-order valence-corrected chi connectivity index (χ4v) is 3.23. The molecule has 0 spiro atoms. The molecule has 0 saturated carbocycles. The van der Waals surface area contributed by atoms with E-state index < -0.39 is 0 Å². The number of rotatable bonds is 5. The Balaban J connectivity index is 2.16. The summed E-state index contributed by atoms with van der Waals surface area (Å²) in [6.45, 7) is 8.19. The van der Waals surface area contributed by atoms with E-state index in [-0.39, 0.29) is 6.10 Å². The Hall–Kier alpha value is -0.770. The maximum Gasteiger partial charge on any atom is 0.0750 e. The van der Waals surface area contributed by atoms with Crippen molar-refractivity contribution < 1.29 is 4.74 Å². The van der Waals surface area contributed by atoms with Gasteiger partial charge in [-0.1, -0.05) is 24.6 Å². The summed E-state index contributed by atoms with van der Waals surface area (Å²) >= 11 is 6.48. The fraction of sp³-hybridized carbons (Fsp3) is 0.625. The molecular weight excluding hydrogens is 272 g/mol. The van der Waals surface area contributed by atoms with Crippen molar-refractivity contribution in [2.75, 3.05) is 25.1 Å². The van der Waals surface area contributed by atoms with Crippen LogP contribution in [0, 0.1) is 0 Å². The van der Waals surface area contributed by atoms with Crippen LogP contribution in [0.4, 0.5) is 5.69 Å². The van der Waals surface area contributed by atoms with Gasteiger partial charge in [0.2, 0.25) is 0 Å². The van der Waals surface area contributed by atoms with Gasteiger partial charge in [0.1, 0.15) is 0 Å². The molecule has 3 unspecified atom stereocenters. The summed E-state index contributed by atoms with van der Waals surface area (Å²) in [5, 5.41) is 4.22. The van der Waals surface area contributed by atoms with Crippen LogP contribution in [0.1, 0.15) is 38.8 Å². The Bertz CT molecular complexity index is 452. The lowest BCUT2D eigenvalue weighted by Crippen LogP contribution is -2.36. The fourth-order valence-electron chi connectivity index (χ4n) is 2.91. The molecule has 1 aliphatic rings. The molecule has 3 atom stereocenters. The topological polar surface area (TPSA) is 24.5 Å². The van der Waals surface area contributed by atoms with Gasteiger partial charge >= 0.3 is 0 Å². The summed E-state index contributed by atoms with van der Waals surface area (Å²) in [7, 11) is 2.10. The minimum Gasteiger partial charge on any atom is -0.376 e. The van der Waals surface area contributed by atoms with E-state index in [0.717, 1.165) is 30.3 Å². The van der Waals surface area contributed by atoms with Gasteiger partial charge in [0.15, 0.2) is 0 Å². The largest absolute Gasteiger partial charge is 0.376 e. The predicted molar refractivity (Wildman–Crippen MR) is 85.8 cm³/mol. The standard InChI is InChI=1S/C16H25ClN2O/c1-5-18-11(2)13-6-7-16(14(17)10-13)19(4)15-8-9-20-12(15)3/h6-7,10-12,15,18H,5,8-9H2,1-4H3. The van der Waals surface area contributed by atoms with Gasteiger partial charge in [-0.25, -0.2) is 0 Å². The van der Waals surface area contributed by atoms with E-state index in [2.05, 4.69) is 56.2 Å². The molecule has 1 aromatic rings. The zero-order valence-corrected chi connectivity index (χ0v) is 13.6. The van der Waals surface area contributed by atoms with Crippen LogP contribution in [-0.4, -0.2) is 32.3 Å². The number of anilines is 1. The molecule has 1 saturated heterocycles. The van der Waals surface area contributed by atoms with Gasteiger partial charge in [-0.05, 0) is 44.5 Å². The quantitative estimate of drug-likeness (QED) is 0.898. The molecule has 20 heavy (non-hydrogen) atoms. The van der Waals surface area contributed by atoms with Crippen molar-refractivity contribution in [2.24, 2.45) is 0 Å². The second-order valence-electron chi connectivity index (χ2n) is 5.53. The van der Waals surface area contributed by atoms with Gasteiger partial charge in [0.25, 0.3) is 0 Å². The third-order valence-electron chi connectivity index (χ3n) is 4.20. The second-order valence-corrected chi connectivity index (χ2v) is 5.94. The Labute approximate surface area is 127 Å². The first kappa shape index (κ1) is 15.6. The van der Waals surface area contributed by atoms with Gasteiger partial charge in [-0.15, -0.1) is 0 Å². The lowest BCUT2D eigenvalue weighted by Gasteiger charge is -2.30. The molecule has 4 heteroatoms. The normalized spacial score (nSPS) is 23.9. The van der Waals surface area contributed by atoms with E-state index in [1.165, 1.54) is 5.56 Å². The van der Waals surface area contributed by atoms with Crippen molar-refractivity contribution in [1.29, 1.82) is 0 Å². The summed E-state index contributed by atoms with van der Waals surface area (Å²) in [6, 6.07) is 7.08. The third-order valence-corrected chi connectivity index (χ3v) is 4.50. The molecule has 1 aromatic carbocycles. The highest BCUT2D eigenvalue weighted by molar-refractivity contribution is 6.33. The molecule has 0 radical (unpaired) electrons. The molecule has 3 nitrogen and oxygen atoms in total. The van der Waals surface area contributed by atoms with E-state index in [9.17, 15) is 0 Å². The maximum absolute atomic E-state index is 6.48. The van der Waals surface area contributed by atoms with Crippen LogP contribution < -0.4 is 10.2 Å².